The Kier molecular flexibility index (Phi) is 26.7. The van der Waals surface area contributed by atoms with E-state index in [1.165, 1.54) is 24.3 Å². The zero-order chi connectivity index (χ0) is 55.0. The molecule has 0 saturated carbocycles. The minimum Gasteiger partial charge on any atom is -0.750 e. The molecule has 0 amide bonds. The summed E-state index contributed by atoms with van der Waals surface area (Å²) in [5.41, 5.74) is 6.82. The molecule has 25 heteroatoms. The van der Waals surface area contributed by atoms with Crippen LogP contribution in [0.1, 0.15) is 95.8 Å². The van der Waals surface area contributed by atoms with Crippen molar-refractivity contribution in [2.24, 2.45) is 0 Å². The van der Waals surface area contributed by atoms with Crippen LogP contribution in [0.25, 0.3) is 21.5 Å². The van der Waals surface area contributed by atoms with Crippen molar-refractivity contribution in [1.29, 1.82) is 0 Å². The quantitative estimate of drug-likeness (QED) is 0.0224. The Labute approximate surface area is 584 Å². The molecule has 0 fully saturated rings. The third-order valence-electron chi connectivity index (χ3n) is 14.3. The normalized spacial score (nSPS) is 17.3. The molecule has 0 radical (unpaired) electrons. The topological polar surface area (TPSA) is 267 Å². The monoisotopic (exact) mass is 1240 g/mol. The van der Waals surface area contributed by atoms with Crippen molar-refractivity contribution in [2.75, 3.05) is 30.3 Å². The number of rotatable bonds is 21. The second-order valence-corrected chi connectivity index (χ2v) is 26.1. The Morgan fingerprint density at radius 2 is 1.36 bits per heavy atom. The molecule has 0 bridgehead atoms. The number of anilines is 1. The molecule has 1 aliphatic carbocycles. The van der Waals surface area contributed by atoms with Gasteiger partial charge in [-0.3, -0.25) is 0 Å². The van der Waals surface area contributed by atoms with Gasteiger partial charge in [0.05, 0.1) is 43.3 Å². The molecule has 80 heavy (non-hydrogen) atoms. The van der Waals surface area contributed by atoms with Crippen LogP contribution in [0, 0.1) is 0 Å². The summed E-state index contributed by atoms with van der Waals surface area (Å²) in [5, 5.41) is 13.9. The number of allylic oxidation sites excluding steroid dienone is 7. The van der Waals surface area contributed by atoms with Gasteiger partial charge >= 0.3 is 140 Å². The van der Waals surface area contributed by atoms with Gasteiger partial charge in [0.25, 0.3) is 0 Å². The molecule has 16 nitrogen and oxygen atoms in total. The van der Waals surface area contributed by atoms with E-state index in [1.807, 2.05) is 36.4 Å². The molecule has 5 aromatic carbocycles. The number of aryl methyl sites for hydroxylation is 1. The minimum absolute atomic E-state index is 0. The molecule has 0 spiro atoms. The summed E-state index contributed by atoms with van der Waals surface area (Å²) in [5.74, 6) is -1.66. The van der Waals surface area contributed by atoms with Crippen LogP contribution in [0.5, 0.6) is 0 Å². The van der Waals surface area contributed by atoms with Crippen molar-refractivity contribution >= 4 is 98.1 Å². The molecule has 1 unspecified atom stereocenters. The number of thioether (sulfide) groups is 1. The second kappa shape index (κ2) is 29.8. The van der Waals surface area contributed by atoms with Gasteiger partial charge in [-0.2, -0.15) is 4.58 Å². The van der Waals surface area contributed by atoms with Crippen LogP contribution in [-0.2, 0) is 67.9 Å². The number of hydrogen-bond acceptors (Lipinski definition) is 16. The van der Waals surface area contributed by atoms with E-state index in [0.717, 1.165) is 77.6 Å². The number of unbranched alkanes of at least 4 members (excludes halogenated alkanes) is 2. The van der Waals surface area contributed by atoms with Crippen LogP contribution in [0.15, 0.2) is 146 Å². The number of benzene rings is 5. The number of fused-ring (bicyclic) bond motifs is 6. The van der Waals surface area contributed by atoms with E-state index in [9.17, 15) is 57.6 Å². The van der Waals surface area contributed by atoms with Gasteiger partial charge in [-0.15, -0.1) is 0 Å². The van der Waals surface area contributed by atoms with Crippen LogP contribution in [0.2, 0.25) is 0 Å². The van der Waals surface area contributed by atoms with Crippen molar-refractivity contribution in [1.82, 2.24) is 0 Å². The van der Waals surface area contributed by atoms with Gasteiger partial charge in [-0.25, -0.2) is 29.5 Å². The largest absolute Gasteiger partial charge is 1.00 e. The van der Waals surface area contributed by atoms with Crippen molar-refractivity contribution < 1.29 is 206 Å². The molecular formula is C55H56KN2Na3O14S5. The first-order chi connectivity index (χ1) is 35.7. The van der Waals surface area contributed by atoms with Gasteiger partial charge in [-0.1, -0.05) is 68.1 Å². The molecule has 0 N–H and O–H groups in total. The maximum absolute atomic E-state index is 12.1. The summed E-state index contributed by atoms with van der Waals surface area (Å²) in [6.07, 6.45) is 12.3. The second-order valence-electron chi connectivity index (χ2n) is 20.1. The van der Waals surface area contributed by atoms with Crippen LogP contribution in [0.3, 0.4) is 0 Å². The molecule has 1 atom stereocenters. The number of hydrogen-bond donors (Lipinski definition) is 0. The fourth-order valence-corrected chi connectivity index (χ4v) is 13.7. The van der Waals surface area contributed by atoms with E-state index >= 15 is 0 Å². The standard InChI is InChI=1S/C55H60N2O14S5.K.3Na/c1-54(2)48(56(30-5-7-32-71-73(60)61)46-25-15-39-34-42(75(65,66)67)21-23-44(39)51(46)54)27-17-37-10-9-11-38(53(37)72-41-19-12-36(13-20-41)14-29-50(58)59)18-28-49-55(3,4)52-45-24-22-43(76(68,69)70)35-40(45)16-26-47(52)57(49)31-6-8-33-74(62,63)64;;;;/h12-13,15-28,34-35H,5-11,14,29-33H2,1-4H3,(H4-,58,59,60,61,62,63,64,65,66,67,68,69,70);;;;/q;4*+1/p-4. The fourth-order valence-electron chi connectivity index (χ4n) is 10.8. The van der Waals surface area contributed by atoms with E-state index in [2.05, 4.69) is 61.5 Å². The first-order valence-corrected chi connectivity index (χ1v) is 30.9. The van der Waals surface area contributed by atoms with E-state index in [-0.39, 0.29) is 169 Å². The Hall–Kier alpha value is -0.694. The van der Waals surface area contributed by atoms with Gasteiger partial charge in [0.1, 0.15) is 26.8 Å². The summed E-state index contributed by atoms with van der Waals surface area (Å²) in [4.78, 5) is 14.6. The maximum Gasteiger partial charge on any atom is 1.00 e. The van der Waals surface area contributed by atoms with E-state index < -0.39 is 64.3 Å². The Morgan fingerprint density at radius 1 is 0.750 bits per heavy atom. The molecule has 2 aliphatic heterocycles. The average molecular weight is 1240 g/mol. The molecule has 2 heterocycles. The third kappa shape index (κ3) is 17.1. The van der Waals surface area contributed by atoms with Crippen LogP contribution in [0.4, 0.5) is 11.4 Å². The summed E-state index contributed by atoms with van der Waals surface area (Å²) in [7, 11) is -13.9. The minimum atomic E-state index is -4.74. The number of nitrogens with zero attached hydrogens (tertiary/aromatic N) is 2. The van der Waals surface area contributed by atoms with Crippen molar-refractivity contribution in [3.63, 3.8) is 0 Å². The third-order valence-corrected chi connectivity index (χ3v) is 18.4. The summed E-state index contributed by atoms with van der Waals surface area (Å²) >= 11 is -1.08. The number of aliphatic carboxylic acids is 1. The summed E-state index contributed by atoms with van der Waals surface area (Å²) in [6, 6.07) is 23.7. The van der Waals surface area contributed by atoms with Crippen molar-refractivity contribution in [3.8, 4) is 0 Å². The number of carboxylic acid groups (broad SMARTS) is 1. The average Bonchev–Trinajstić information content (AvgIpc) is 3.70. The molecule has 3 aliphatic rings. The van der Waals surface area contributed by atoms with Crippen molar-refractivity contribution in [2.45, 2.75) is 111 Å². The van der Waals surface area contributed by atoms with E-state index in [4.69, 9.17) is 4.18 Å². The van der Waals surface area contributed by atoms with E-state index in [1.54, 1.807) is 36.0 Å². The number of carbonyl (C=O) groups is 1. The summed E-state index contributed by atoms with van der Waals surface area (Å²) in [6.45, 7) is 9.12. The molecule has 8 rings (SSSR count). The predicted octanol–water partition coefficient (Wildman–Crippen LogP) is -3.81. The smallest absolute Gasteiger partial charge is 0.750 e. The first-order valence-electron chi connectivity index (χ1n) is 24.7. The van der Waals surface area contributed by atoms with Crippen LogP contribution >= 0.6 is 11.8 Å². The molecule has 0 aromatic heterocycles. The molecule has 0 saturated heterocycles. The van der Waals surface area contributed by atoms with Crippen LogP contribution < -0.4 is 150 Å². The maximum atomic E-state index is 12.1. The van der Waals surface area contributed by atoms with Gasteiger partial charge in [0, 0.05) is 69.0 Å². The van der Waals surface area contributed by atoms with Crippen LogP contribution in [-0.4, -0.2) is 89.4 Å². The van der Waals surface area contributed by atoms with Gasteiger partial charge in [0.15, 0.2) is 5.71 Å². The number of carboxylic acids is 1. The molecule has 5 aromatic rings. The number of carbonyl (C=O) groups excluding carboxylic acids is 1. The Bertz CT molecular complexity index is 3700. The zero-order valence-electron chi connectivity index (χ0n) is 46.2. The first kappa shape index (κ1) is 71.8. The fraction of sp³-hybridized carbons (Fsp3) is 0.345. The van der Waals surface area contributed by atoms with Gasteiger partial charge in [0.2, 0.25) is 5.69 Å². The van der Waals surface area contributed by atoms with E-state index in [0.29, 0.717) is 62.4 Å². The Balaban J connectivity index is 0.00000344. The summed E-state index contributed by atoms with van der Waals surface area (Å²) < 4.78 is 137. The van der Waals surface area contributed by atoms with Gasteiger partial charge < -0.3 is 37.2 Å². The molecule has 404 valence electrons. The molecular weight excluding hydrogens is 1180 g/mol. The zero-order valence-corrected chi connectivity index (χ0v) is 59.4. The predicted molar refractivity (Wildman–Crippen MR) is 287 cm³/mol. The Morgan fingerprint density at radius 3 is 1.95 bits per heavy atom. The van der Waals surface area contributed by atoms with Gasteiger partial charge in [-0.05, 0) is 164 Å². The SMILES string of the molecule is CC1(C)C(/C=C/C2=C(Sc3ccc(CCC(=O)[O-])cc3)C(=C/C=C3/N(CCCCS(=O)(=O)[O-])c4ccc5cc(S(=O)(=O)[O-])ccc5c4C3(C)C)/CCC2)=[N+](CCCCOS(=O)[O-])c2ccc3cc(S(=O)(=O)[O-])ccc3c21.[K+].[Na+].[Na+].[Na+]. The van der Waals surface area contributed by atoms with Crippen molar-refractivity contribution in [3.05, 3.63) is 148 Å².